The molecule has 0 aromatic heterocycles. The highest BCUT2D eigenvalue weighted by atomic mass is 16.5. The van der Waals surface area contributed by atoms with E-state index in [1.54, 1.807) is 0 Å². The fraction of sp³-hybridized carbons (Fsp3) is 0.833. The van der Waals surface area contributed by atoms with Crippen LogP contribution < -0.4 is 0 Å². The van der Waals surface area contributed by atoms with Crippen molar-refractivity contribution in [1.29, 1.82) is 0 Å². The maximum Gasteiger partial charge on any atom is 0.311 e. The summed E-state index contributed by atoms with van der Waals surface area (Å²) in [5, 5.41) is 26.2. The highest BCUT2D eigenvalue weighted by Crippen LogP contribution is 2.17. The smallest absolute Gasteiger partial charge is 0.311 e. The van der Waals surface area contributed by atoms with Gasteiger partial charge in [-0.05, 0) is 13.3 Å². The van der Waals surface area contributed by atoms with Gasteiger partial charge in [0.25, 0.3) is 0 Å². The van der Waals surface area contributed by atoms with Gasteiger partial charge in [-0.3, -0.25) is 4.79 Å². The minimum absolute atomic E-state index is 0.0144. The Balaban J connectivity index is 4.17. The number of hydrogen-bond donors (Lipinski definition) is 3. The minimum atomic E-state index is -2.08. The second-order valence-electron chi connectivity index (χ2n) is 2.29. The zero-order chi connectivity index (χ0) is 8.36. The zero-order valence-electron chi connectivity index (χ0n) is 6.03. The van der Waals surface area contributed by atoms with Gasteiger partial charge < -0.3 is 15.3 Å². The van der Waals surface area contributed by atoms with Crippen LogP contribution in [0.4, 0.5) is 0 Å². The molecule has 60 valence electrons. The summed E-state index contributed by atoms with van der Waals surface area (Å²) in [4.78, 5) is 10.2. The van der Waals surface area contributed by atoms with Crippen molar-refractivity contribution >= 4 is 5.97 Å². The van der Waals surface area contributed by atoms with E-state index in [1.807, 2.05) is 0 Å². The molecule has 4 heteroatoms. The van der Waals surface area contributed by atoms with Gasteiger partial charge in [-0.1, -0.05) is 6.92 Å². The molecule has 0 heterocycles. The van der Waals surface area contributed by atoms with Crippen LogP contribution in [0.15, 0.2) is 0 Å². The first-order valence-corrected chi connectivity index (χ1v) is 3.09. The lowest BCUT2D eigenvalue weighted by atomic mass is 9.99. The van der Waals surface area contributed by atoms with Gasteiger partial charge in [0.15, 0.2) is 5.79 Å². The fourth-order valence-electron chi connectivity index (χ4n) is 0.504. The Morgan fingerprint density at radius 1 is 1.60 bits per heavy atom. The van der Waals surface area contributed by atoms with E-state index in [0.29, 0.717) is 0 Å². The van der Waals surface area contributed by atoms with Crippen molar-refractivity contribution in [2.24, 2.45) is 5.92 Å². The molecule has 1 unspecified atom stereocenters. The fourth-order valence-corrected chi connectivity index (χ4v) is 0.504. The van der Waals surface area contributed by atoms with Crippen LogP contribution in [0, 0.1) is 5.92 Å². The number of carbonyl (C=O) groups is 1. The number of aliphatic carboxylic acids is 1. The molecule has 10 heavy (non-hydrogen) atoms. The highest BCUT2D eigenvalue weighted by Gasteiger charge is 2.33. The largest absolute Gasteiger partial charge is 0.481 e. The van der Waals surface area contributed by atoms with Crippen LogP contribution in [0.25, 0.3) is 0 Å². The summed E-state index contributed by atoms with van der Waals surface area (Å²) in [7, 11) is 0. The first-order chi connectivity index (χ1) is 4.41. The summed E-state index contributed by atoms with van der Waals surface area (Å²) >= 11 is 0. The second-order valence-corrected chi connectivity index (χ2v) is 2.29. The van der Waals surface area contributed by atoms with Crippen molar-refractivity contribution < 1.29 is 20.1 Å². The third-order valence-corrected chi connectivity index (χ3v) is 1.58. The van der Waals surface area contributed by atoms with E-state index in [2.05, 4.69) is 0 Å². The third-order valence-electron chi connectivity index (χ3n) is 1.58. The first kappa shape index (κ1) is 9.39. The predicted octanol–water partition coefficient (Wildman–Crippen LogP) is -0.202. The summed E-state index contributed by atoms with van der Waals surface area (Å²) in [6.07, 6.45) is 0.0144. The van der Waals surface area contributed by atoms with E-state index in [1.165, 1.54) is 13.8 Å². The SMILES string of the molecule is CCC(O)(O)C(C)C(=O)O. The molecular formula is C6H12O4. The lowest BCUT2D eigenvalue weighted by Crippen LogP contribution is -2.39. The van der Waals surface area contributed by atoms with Crippen molar-refractivity contribution in [1.82, 2.24) is 0 Å². The van der Waals surface area contributed by atoms with E-state index in [9.17, 15) is 4.79 Å². The molecule has 0 spiro atoms. The molecule has 0 bridgehead atoms. The normalized spacial score (nSPS) is 14.8. The van der Waals surface area contributed by atoms with Crippen LogP contribution >= 0.6 is 0 Å². The van der Waals surface area contributed by atoms with Gasteiger partial charge >= 0.3 is 5.97 Å². The van der Waals surface area contributed by atoms with Crippen LogP contribution in [-0.2, 0) is 4.79 Å². The number of aliphatic hydroxyl groups is 2. The Bertz CT molecular complexity index is 130. The molecule has 0 aliphatic heterocycles. The van der Waals surface area contributed by atoms with Gasteiger partial charge in [0.05, 0.1) is 0 Å². The number of carboxylic acid groups (broad SMARTS) is 1. The molecule has 0 saturated carbocycles. The van der Waals surface area contributed by atoms with Crippen LogP contribution in [0.2, 0.25) is 0 Å². The van der Waals surface area contributed by atoms with Gasteiger partial charge in [-0.2, -0.15) is 0 Å². The predicted molar refractivity (Wildman–Crippen MR) is 34.3 cm³/mol. The number of hydrogen-bond acceptors (Lipinski definition) is 3. The zero-order valence-corrected chi connectivity index (χ0v) is 6.03. The highest BCUT2D eigenvalue weighted by molar-refractivity contribution is 5.70. The van der Waals surface area contributed by atoms with Crippen molar-refractivity contribution in [2.45, 2.75) is 26.1 Å². The maximum absolute atomic E-state index is 10.2. The molecular weight excluding hydrogens is 136 g/mol. The van der Waals surface area contributed by atoms with Crippen LogP contribution in [0.3, 0.4) is 0 Å². The molecule has 0 fully saturated rings. The standard InChI is InChI=1S/C6H12O4/c1-3-6(9,10)4(2)5(7)8/h4,9-10H,3H2,1-2H3,(H,7,8). The maximum atomic E-state index is 10.2. The molecule has 1 atom stereocenters. The molecule has 3 N–H and O–H groups in total. The van der Waals surface area contributed by atoms with Crippen molar-refractivity contribution in [3.63, 3.8) is 0 Å². The molecule has 4 nitrogen and oxygen atoms in total. The Kier molecular flexibility index (Phi) is 2.80. The Morgan fingerprint density at radius 2 is 2.00 bits per heavy atom. The van der Waals surface area contributed by atoms with Crippen molar-refractivity contribution in [3.05, 3.63) is 0 Å². The van der Waals surface area contributed by atoms with Gasteiger partial charge in [-0.25, -0.2) is 0 Å². The molecule has 0 aromatic carbocycles. The van der Waals surface area contributed by atoms with Crippen LogP contribution in [-0.4, -0.2) is 27.1 Å². The molecule has 0 aromatic rings. The van der Waals surface area contributed by atoms with E-state index < -0.39 is 17.7 Å². The summed E-state index contributed by atoms with van der Waals surface area (Å²) < 4.78 is 0. The Morgan fingerprint density at radius 3 is 2.10 bits per heavy atom. The van der Waals surface area contributed by atoms with Gasteiger partial charge in [-0.15, -0.1) is 0 Å². The Hall–Kier alpha value is -0.610. The van der Waals surface area contributed by atoms with Gasteiger partial charge in [0, 0.05) is 0 Å². The summed E-state index contributed by atoms with van der Waals surface area (Å²) in [5.74, 6) is -4.42. The van der Waals surface area contributed by atoms with E-state index in [4.69, 9.17) is 15.3 Å². The van der Waals surface area contributed by atoms with E-state index in [0.717, 1.165) is 0 Å². The van der Waals surface area contributed by atoms with Crippen LogP contribution in [0.1, 0.15) is 20.3 Å². The van der Waals surface area contributed by atoms with Crippen LogP contribution in [0.5, 0.6) is 0 Å². The van der Waals surface area contributed by atoms with Crippen molar-refractivity contribution in [3.8, 4) is 0 Å². The molecule has 0 amide bonds. The topological polar surface area (TPSA) is 77.8 Å². The van der Waals surface area contributed by atoms with Gasteiger partial charge in [0.2, 0.25) is 0 Å². The lowest BCUT2D eigenvalue weighted by Gasteiger charge is -2.23. The Labute approximate surface area is 59.1 Å². The summed E-state index contributed by atoms with van der Waals surface area (Å²) in [6.45, 7) is 2.77. The van der Waals surface area contributed by atoms with E-state index >= 15 is 0 Å². The van der Waals surface area contributed by atoms with E-state index in [-0.39, 0.29) is 6.42 Å². The summed E-state index contributed by atoms with van der Waals surface area (Å²) in [5.41, 5.74) is 0. The number of rotatable bonds is 3. The molecule has 0 radical (unpaired) electrons. The molecule has 0 saturated heterocycles. The molecule has 0 rings (SSSR count). The van der Waals surface area contributed by atoms with Gasteiger partial charge in [0.1, 0.15) is 5.92 Å². The molecule has 0 aliphatic carbocycles. The molecule has 0 aliphatic rings. The summed E-state index contributed by atoms with van der Waals surface area (Å²) in [6, 6.07) is 0. The minimum Gasteiger partial charge on any atom is -0.481 e. The third kappa shape index (κ3) is 1.97. The average Bonchev–Trinajstić information content (AvgIpc) is 1.86. The number of carboxylic acids is 1. The van der Waals surface area contributed by atoms with Crippen molar-refractivity contribution in [2.75, 3.05) is 0 Å². The lowest BCUT2D eigenvalue weighted by molar-refractivity contribution is -0.207. The second kappa shape index (κ2) is 2.98. The quantitative estimate of drug-likeness (QED) is 0.484. The first-order valence-electron chi connectivity index (χ1n) is 3.09. The monoisotopic (exact) mass is 148 g/mol. The average molecular weight is 148 g/mol.